The van der Waals surface area contributed by atoms with E-state index in [1.54, 1.807) is 0 Å². The summed E-state index contributed by atoms with van der Waals surface area (Å²) < 4.78 is 0. The van der Waals surface area contributed by atoms with Gasteiger partial charge >= 0.3 is 0 Å². The van der Waals surface area contributed by atoms with Crippen LogP contribution in [0.1, 0.15) is 26.7 Å². The van der Waals surface area contributed by atoms with Crippen molar-refractivity contribution in [3.8, 4) is 0 Å². The van der Waals surface area contributed by atoms with Gasteiger partial charge in [0.25, 0.3) is 0 Å². The van der Waals surface area contributed by atoms with Gasteiger partial charge in [0.15, 0.2) is 0 Å². The van der Waals surface area contributed by atoms with E-state index in [9.17, 15) is 4.79 Å². The van der Waals surface area contributed by atoms with Gasteiger partial charge in [0.05, 0.1) is 0 Å². The zero-order chi connectivity index (χ0) is 10.6. The van der Waals surface area contributed by atoms with Gasteiger partial charge in [-0.25, -0.2) is 0 Å². The highest BCUT2D eigenvalue weighted by Gasteiger charge is 2.23. The molecule has 3 nitrogen and oxygen atoms in total. The summed E-state index contributed by atoms with van der Waals surface area (Å²) in [5.41, 5.74) is 1.00. The monoisotopic (exact) mass is 196 g/mol. The Balaban J connectivity index is 2.32. The standard InChI is InChI=1S/C11H20N2O/c1-8(2)7-13-11(14)10-4-5-12-9(3)6-10/h9-10,12H,1,4-7H2,2-3H3,(H,13,14). The maximum Gasteiger partial charge on any atom is 0.223 e. The Bertz CT molecular complexity index is 225. The summed E-state index contributed by atoms with van der Waals surface area (Å²) in [6.45, 7) is 9.36. The molecule has 0 radical (unpaired) electrons. The van der Waals surface area contributed by atoms with Crippen LogP contribution in [0.2, 0.25) is 0 Å². The molecule has 1 amide bonds. The Morgan fingerprint density at radius 1 is 1.64 bits per heavy atom. The van der Waals surface area contributed by atoms with Gasteiger partial charge in [0.2, 0.25) is 5.91 Å². The van der Waals surface area contributed by atoms with Crippen molar-refractivity contribution in [2.45, 2.75) is 32.7 Å². The summed E-state index contributed by atoms with van der Waals surface area (Å²) in [6.07, 6.45) is 1.90. The molecule has 0 aromatic heterocycles. The third-order valence-electron chi connectivity index (χ3n) is 2.56. The highest BCUT2D eigenvalue weighted by molar-refractivity contribution is 5.79. The summed E-state index contributed by atoms with van der Waals surface area (Å²) in [6, 6.07) is 0.462. The molecule has 0 aromatic carbocycles. The lowest BCUT2D eigenvalue weighted by molar-refractivity contribution is -0.125. The molecule has 1 aliphatic heterocycles. The first kappa shape index (κ1) is 11.2. The SMILES string of the molecule is C=C(C)CNC(=O)C1CCNC(C)C1. The summed E-state index contributed by atoms with van der Waals surface area (Å²) in [4.78, 5) is 11.7. The van der Waals surface area contributed by atoms with E-state index in [2.05, 4.69) is 24.1 Å². The molecule has 2 N–H and O–H groups in total. The highest BCUT2D eigenvalue weighted by Crippen LogP contribution is 2.15. The Kier molecular flexibility index (Phi) is 4.14. The molecule has 1 heterocycles. The summed E-state index contributed by atoms with van der Waals surface area (Å²) in [7, 11) is 0. The minimum absolute atomic E-state index is 0.182. The van der Waals surface area contributed by atoms with Crippen LogP contribution >= 0.6 is 0 Å². The van der Waals surface area contributed by atoms with Crippen LogP contribution in [0.5, 0.6) is 0 Å². The number of rotatable bonds is 3. The van der Waals surface area contributed by atoms with Crippen LogP contribution in [0.15, 0.2) is 12.2 Å². The van der Waals surface area contributed by atoms with Gasteiger partial charge in [-0.05, 0) is 33.2 Å². The predicted molar refractivity (Wildman–Crippen MR) is 58.0 cm³/mol. The number of piperidine rings is 1. The van der Waals surface area contributed by atoms with E-state index < -0.39 is 0 Å². The molecule has 1 rings (SSSR count). The van der Waals surface area contributed by atoms with Crippen molar-refractivity contribution in [2.75, 3.05) is 13.1 Å². The van der Waals surface area contributed by atoms with Crippen LogP contribution in [0.3, 0.4) is 0 Å². The molecule has 0 spiro atoms. The van der Waals surface area contributed by atoms with Crippen LogP contribution in [0, 0.1) is 5.92 Å². The van der Waals surface area contributed by atoms with Crippen LogP contribution in [0.4, 0.5) is 0 Å². The first-order valence-corrected chi connectivity index (χ1v) is 5.25. The van der Waals surface area contributed by atoms with E-state index in [0.717, 1.165) is 25.0 Å². The Morgan fingerprint density at radius 2 is 2.36 bits per heavy atom. The van der Waals surface area contributed by atoms with Gasteiger partial charge in [-0.15, -0.1) is 0 Å². The maximum atomic E-state index is 11.7. The minimum Gasteiger partial charge on any atom is -0.352 e. The van der Waals surface area contributed by atoms with Gasteiger partial charge < -0.3 is 10.6 Å². The molecule has 80 valence electrons. The fourth-order valence-electron chi connectivity index (χ4n) is 1.75. The third kappa shape index (κ3) is 3.50. The zero-order valence-corrected chi connectivity index (χ0v) is 9.10. The lowest BCUT2D eigenvalue weighted by atomic mass is 9.92. The van der Waals surface area contributed by atoms with Crippen molar-refractivity contribution in [1.82, 2.24) is 10.6 Å². The lowest BCUT2D eigenvalue weighted by Gasteiger charge is -2.27. The van der Waals surface area contributed by atoms with Gasteiger partial charge in [-0.1, -0.05) is 12.2 Å². The average Bonchev–Trinajstić information content (AvgIpc) is 2.14. The van der Waals surface area contributed by atoms with E-state index in [0.29, 0.717) is 12.6 Å². The van der Waals surface area contributed by atoms with Crippen molar-refractivity contribution in [3.63, 3.8) is 0 Å². The van der Waals surface area contributed by atoms with Crippen molar-refractivity contribution in [1.29, 1.82) is 0 Å². The topological polar surface area (TPSA) is 41.1 Å². The Labute approximate surface area is 86.0 Å². The quantitative estimate of drug-likeness (QED) is 0.663. The zero-order valence-electron chi connectivity index (χ0n) is 9.10. The molecule has 0 bridgehead atoms. The third-order valence-corrected chi connectivity index (χ3v) is 2.56. The molecule has 2 atom stereocenters. The van der Waals surface area contributed by atoms with Crippen LogP contribution < -0.4 is 10.6 Å². The molecule has 0 saturated carbocycles. The van der Waals surface area contributed by atoms with Crippen molar-refractivity contribution < 1.29 is 4.79 Å². The molecule has 0 aromatic rings. The molecule has 14 heavy (non-hydrogen) atoms. The van der Waals surface area contributed by atoms with Crippen LogP contribution in [-0.4, -0.2) is 25.0 Å². The van der Waals surface area contributed by atoms with Gasteiger partial charge in [-0.2, -0.15) is 0 Å². The average molecular weight is 196 g/mol. The largest absolute Gasteiger partial charge is 0.352 e. The number of amides is 1. The van der Waals surface area contributed by atoms with Crippen molar-refractivity contribution in [2.24, 2.45) is 5.92 Å². The highest BCUT2D eigenvalue weighted by atomic mass is 16.1. The van der Waals surface area contributed by atoms with Gasteiger partial charge in [-0.3, -0.25) is 4.79 Å². The first-order chi connectivity index (χ1) is 6.59. The second-order valence-electron chi connectivity index (χ2n) is 4.25. The Morgan fingerprint density at radius 3 is 2.93 bits per heavy atom. The number of hydrogen-bond acceptors (Lipinski definition) is 2. The predicted octanol–water partition coefficient (Wildman–Crippen LogP) is 1.07. The molecule has 2 unspecified atom stereocenters. The molecule has 1 saturated heterocycles. The molecule has 0 aliphatic carbocycles. The molecule has 1 aliphatic rings. The van der Waals surface area contributed by atoms with E-state index in [-0.39, 0.29) is 11.8 Å². The molecule has 1 fully saturated rings. The van der Waals surface area contributed by atoms with E-state index >= 15 is 0 Å². The molecular formula is C11H20N2O. The van der Waals surface area contributed by atoms with E-state index in [1.807, 2.05) is 6.92 Å². The fraction of sp³-hybridized carbons (Fsp3) is 0.727. The van der Waals surface area contributed by atoms with Crippen LogP contribution in [-0.2, 0) is 4.79 Å². The molecule has 3 heteroatoms. The van der Waals surface area contributed by atoms with Crippen molar-refractivity contribution >= 4 is 5.91 Å². The normalized spacial score (nSPS) is 27.0. The fourth-order valence-corrected chi connectivity index (χ4v) is 1.75. The first-order valence-electron chi connectivity index (χ1n) is 5.25. The second-order valence-corrected chi connectivity index (χ2v) is 4.25. The number of nitrogens with one attached hydrogen (secondary N) is 2. The number of hydrogen-bond donors (Lipinski definition) is 2. The lowest BCUT2D eigenvalue weighted by Crippen LogP contribution is -2.42. The van der Waals surface area contributed by atoms with Gasteiger partial charge in [0.1, 0.15) is 0 Å². The maximum absolute atomic E-state index is 11.7. The van der Waals surface area contributed by atoms with E-state index in [1.165, 1.54) is 0 Å². The number of carbonyl (C=O) groups is 1. The Hall–Kier alpha value is -0.830. The van der Waals surface area contributed by atoms with Crippen LogP contribution in [0.25, 0.3) is 0 Å². The summed E-state index contributed by atoms with van der Waals surface area (Å²) >= 11 is 0. The molecular weight excluding hydrogens is 176 g/mol. The summed E-state index contributed by atoms with van der Waals surface area (Å²) in [5, 5.41) is 6.24. The smallest absolute Gasteiger partial charge is 0.223 e. The van der Waals surface area contributed by atoms with Gasteiger partial charge in [0, 0.05) is 18.5 Å². The second kappa shape index (κ2) is 5.15. The van der Waals surface area contributed by atoms with Crippen molar-refractivity contribution in [3.05, 3.63) is 12.2 Å². The van der Waals surface area contributed by atoms with E-state index in [4.69, 9.17) is 0 Å². The summed E-state index contributed by atoms with van der Waals surface area (Å²) in [5.74, 6) is 0.368. The minimum atomic E-state index is 0.182. The number of carbonyl (C=O) groups excluding carboxylic acids is 1.